The molecule has 0 aliphatic heterocycles. The van der Waals surface area contributed by atoms with E-state index in [2.05, 4.69) is 10.3 Å². The van der Waals surface area contributed by atoms with Gasteiger partial charge in [-0.25, -0.2) is 4.98 Å². The van der Waals surface area contributed by atoms with E-state index in [1.165, 1.54) is 0 Å². The molecule has 0 atom stereocenters. The molecule has 4 N–H and O–H groups in total. The molecule has 0 aliphatic rings. The van der Waals surface area contributed by atoms with Crippen LogP contribution in [0.4, 0.5) is 11.4 Å². The Bertz CT molecular complexity index is 818. The van der Waals surface area contributed by atoms with Crippen LogP contribution in [-0.4, -0.2) is 29.8 Å². The van der Waals surface area contributed by atoms with Gasteiger partial charge in [0.1, 0.15) is 5.75 Å². The number of nitrogens with one attached hydrogen (secondary N) is 1. The Morgan fingerprint density at radius 3 is 2.77 bits per heavy atom. The average molecular weight is 297 g/mol. The predicted octanol–water partition coefficient (Wildman–Crippen LogP) is 2.77. The highest BCUT2D eigenvalue weighted by atomic mass is 16.5. The number of nitrogen functional groups attached to an aromatic ring is 1. The van der Waals surface area contributed by atoms with Gasteiger partial charge in [0, 0.05) is 23.0 Å². The Labute approximate surface area is 128 Å². The van der Waals surface area contributed by atoms with Crippen LogP contribution in [0.3, 0.4) is 0 Å². The largest absolute Gasteiger partial charge is 0.494 e. The van der Waals surface area contributed by atoms with Gasteiger partial charge in [-0.2, -0.15) is 0 Å². The Morgan fingerprint density at radius 1 is 1.14 bits per heavy atom. The number of hydrogen-bond donors (Lipinski definition) is 3. The van der Waals surface area contributed by atoms with Crippen LogP contribution in [0, 0.1) is 0 Å². The highest BCUT2D eigenvalue weighted by Crippen LogP contribution is 2.33. The molecule has 0 amide bonds. The summed E-state index contributed by atoms with van der Waals surface area (Å²) >= 11 is 0. The number of rotatable bonds is 5. The molecule has 2 aromatic carbocycles. The summed E-state index contributed by atoms with van der Waals surface area (Å²) in [6.07, 6.45) is 0. The third-order valence-corrected chi connectivity index (χ3v) is 3.49. The summed E-state index contributed by atoms with van der Waals surface area (Å²) in [5.41, 5.74) is 9.17. The first-order chi connectivity index (χ1) is 10.7. The topological polar surface area (TPSA) is 80.4 Å². The standard InChI is InChI=1S/C17H19N3O2/c1-2-22-12-4-6-15-14(10-12)17(19-7-8-21)13-5-3-11(18)9-16(13)20-15/h3-6,9-10,21H,2,7-8,18H2,1H3,(H,19,20). The molecule has 0 bridgehead atoms. The number of pyridine rings is 1. The monoisotopic (exact) mass is 297 g/mol. The molecular weight excluding hydrogens is 278 g/mol. The molecular formula is C17H19N3O2. The van der Waals surface area contributed by atoms with Gasteiger partial charge >= 0.3 is 0 Å². The van der Waals surface area contributed by atoms with E-state index in [1.54, 1.807) is 0 Å². The van der Waals surface area contributed by atoms with Gasteiger partial charge in [-0.3, -0.25) is 0 Å². The number of nitrogens with two attached hydrogens (primary N) is 1. The Balaban J connectivity index is 2.28. The quantitative estimate of drug-likeness (QED) is 0.498. The van der Waals surface area contributed by atoms with Gasteiger partial charge in [-0.1, -0.05) is 0 Å². The number of nitrogens with zero attached hydrogens (tertiary/aromatic N) is 1. The smallest absolute Gasteiger partial charge is 0.120 e. The molecule has 3 rings (SSSR count). The van der Waals surface area contributed by atoms with Crippen molar-refractivity contribution in [3.63, 3.8) is 0 Å². The molecule has 5 nitrogen and oxygen atoms in total. The number of benzene rings is 2. The third kappa shape index (κ3) is 2.63. The van der Waals surface area contributed by atoms with Crippen LogP contribution in [0.1, 0.15) is 6.92 Å². The van der Waals surface area contributed by atoms with E-state index >= 15 is 0 Å². The molecule has 0 radical (unpaired) electrons. The molecule has 0 spiro atoms. The molecule has 0 unspecified atom stereocenters. The molecule has 1 heterocycles. The highest BCUT2D eigenvalue weighted by molar-refractivity contribution is 6.08. The van der Waals surface area contributed by atoms with Gasteiger partial charge in [-0.05, 0) is 43.3 Å². The van der Waals surface area contributed by atoms with Crippen molar-refractivity contribution in [2.24, 2.45) is 0 Å². The molecule has 0 aliphatic carbocycles. The third-order valence-electron chi connectivity index (χ3n) is 3.49. The van der Waals surface area contributed by atoms with E-state index in [-0.39, 0.29) is 6.61 Å². The minimum atomic E-state index is 0.0609. The summed E-state index contributed by atoms with van der Waals surface area (Å²) in [6.45, 7) is 3.10. The van der Waals surface area contributed by atoms with Gasteiger partial charge in [0.15, 0.2) is 0 Å². The fourth-order valence-corrected chi connectivity index (χ4v) is 2.57. The lowest BCUT2D eigenvalue weighted by atomic mass is 10.1. The lowest BCUT2D eigenvalue weighted by Crippen LogP contribution is -2.07. The van der Waals surface area contributed by atoms with Crippen LogP contribution in [0.25, 0.3) is 21.8 Å². The number of aliphatic hydroxyl groups excluding tert-OH is 1. The fraction of sp³-hybridized carbons (Fsp3) is 0.235. The van der Waals surface area contributed by atoms with Crippen molar-refractivity contribution < 1.29 is 9.84 Å². The van der Waals surface area contributed by atoms with Crippen LogP contribution in [0.2, 0.25) is 0 Å². The molecule has 0 saturated heterocycles. The number of anilines is 2. The van der Waals surface area contributed by atoms with Crippen LogP contribution in [-0.2, 0) is 0 Å². The van der Waals surface area contributed by atoms with E-state index < -0.39 is 0 Å². The fourth-order valence-electron chi connectivity index (χ4n) is 2.57. The van der Waals surface area contributed by atoms with Crippen molar-refractivity contribution in [3.8, 4) is 5.75 Å². The first-order valence-electron chi connectivity index (χ1n) is 7.33. The molecule has 22 heavy (non-hydrogen) atoms. The van der Waals surface area contributed by atoms with E-state index in [4.69, 9.17) is 15.6 Å². The van der Waals surface area contributed by atoms with Crippen LogP contribution < -0.4 is 15.8 Å². The van der Waals surface area contributed by atoms with Crippen molar-refractivity contribution >= 4 is 33.2 Å². The SMILES string of the molecule is CCOc1ccc2nc3cc(N)ccc3c(NCCO)c2c1. The van der Waals surface area contributed by atoms with Crippen molar-refractivity contribution in [3.05, 3.63) is 36.4 Å². The van der Waals surface area contributed by atoms with Gasteiger partial charge in [0.2, 0.25) is 0 Å². The van der Waals surface area contributed by atoms with Gasteiger partial charge in [0.25, 0.3) is 0 Å². The van der Waals surface area contributed by atoms with Crippen molar-refractivity contribution in [2.75, 3.05) is 30.8 Å². The van der Waals surface area contributed by atoms with Crippen molar-refractivity contribution in [1.82, 2.24) is 4.98 Å². The van der Waals surface area contributed by atoms with Gasteiger partial charge in [-0.15, -0.1) is 0 Å². The lowest BCUT2D eigenvalue weighted by Gasteiger charge is -2.14. The van der Waals surface area contributed by atoms with Gasteiger partial charge in [0.05, 0.1) is 29.9 Å². The number of fused-ring (bicyclic) bond motifs is 2. The molecule has 5 heteroatoms. The number of hydrogen-bond acceptors (Lipinski definition) is 5. The Morgan fingerprint density at radius 2 is 2.00 bits per heavy atom. The van der Waals surface area contributed by atoms with Crippen molar-refractivity contribution in [1.29, 1.82) is 0 Å². The van der Waals surface area contributed by atoms with Crippen LogP contribution in [0.5, 0.6) is 5.75 Å². The first kappa shape index (κ1) is 14.4. The van der Waals surface area contributed by atoms with Crippen LogP contribution in [0.15, 0.2) is 36.4 Å². The maximum Gasteiger partial charge on any atom is 0.120 e. The summed E-state index contributed by atoms with van der Waals surface area (Å²) in [4.78, 5) is 4.67. The van der Waals surface area contributed by atoms with Crippen molar-refractivity contribution in [2.45, 2.75) is 6.92 Å². The average Bonchev–Trinajstić information content (AvgIpc) is 2.52. The summed E-state index contributed by atoms with van der Waals surface area (Å²) in [5, 5.41) is 14.4. The summed E-state index contributed by atoms with van der Waals surface area (Å²) < 4.78 is 5.58. The molecule has 0 saturated carbocycles. The number of ether oxygens (including phenoxy) is 1. The van der Waals surface area contributed by atoms with E-state index in [0.29, 0.717) is 18.8 Å². The molecule has 0 fully saturated rings. The second kappa shape index (κ2) is 6.07. The molecule has 1 aromatic heterocycles. The zero-order valence-corrected chi connectivity index (χ0v) is 12.5. The molecule has 114 valence electrons. The second-order valence-corrected chi connectivity index (χ2v) is 5.03. The predicted molar refractivity (Wildman–Crippen MR) is 90.4 cm³/mol. The molecule has 3 aromatic rings. The zero-order valence-electron chi connectivity index (χ0n) is 12.5. The number of aliphatic hydroxyl groups is 1. The number of aromatic nitrogens is 1. The van der Waals surface area contributed by atoms with E-state index in [9.17, 15) is 0 Å². The maximum atomic E-state index is 9.13. The minimum Gasteiger partial charge on any atom is -0.494 e. The first-order valence-corrected chi connectivity index (χ1v) is 7.33. The Hall–Kier alpha value is -2.53. The minimum absolute atomic E-state index is 0.0609. The lowest BCUT2D eigenvalue weighted by molar-refractivity contribution is 0.311. The Kier molecular flexibility index (Phi) is 3.98. The van der Waals surface area contributed by atoms with Crippen LogP contribution >= 0.6 is 0 Å². The summed E-state index contributed by atoms with van der Waals surface area (Å²) in [6, 6.07) is 11.5. The summed E-state index contributed by atoms with van der Waals surface area (Å²) in [5.74, 6) is 0.804. The second-order valence-electron chi connectivity index (χ2n) is 5.03. The maximum absolute atomic E-state index is 9.13. The van der Waals surface area contributed by atoms with Gasteiger partial charge < -0.3 is 20.9 Å². The van der Waals surface area contributed by atoms with E-state index in [1.807, 2.05) is 43.3 Å². The summed E-state index contributed by atoms with van der Waals surface area (Å²) in [7, 11) is 0. The zero-order chi connectivity index (χ0) is 15.5. The normalized spacial score (nSPS) is 11.0. The van der Waals surface area contributed by atoms with E-state index in [0.717, 1.165) is 33.2 Å². The highest BCUT2D eigenvalue weighted by Gasteiger charge is 2.10.